The van der Waals surface area contributed by atoms with Crippen molar-refractivity contribution in [2.24, 2.45) is 5.73 Å². The quantitative estimate of drug-likeness (QED) is 0.754. The first-order valence-electron chi connectivity index (χ1n) is 6.10. The van der Waals surface area contributed by atoms with E-state index >= 15 is 0 Å². The summed E-state index contributed by atoms with van der Waals surface area (Å²) in [6.07, 6.45) is 3.17. The molecule has 0 atom stereocenters. The second kappa shape index (κ2) is 5.37. The molecule has 21 heavy (non-hydrogen) atoms. The topological polar surface area (TPSA) is 114 Å². The van der Waals surface area contributed by atoms with Crippen LogP contribution in [0.3, 0.4) is 0 Å². The number of hydrogen-bond acceptors (Lipinski definition) is 5. The minimum atomic E-state index is -0.626. The van der Waals surface area contributed by atoms with Gasteiger partial charge >= 0.3 is 6.03 Å². The van der Waals surface area contributed by atoms with Crippen molar-refractivity contribution in [1.29, 1.82) is 0 Å². The van der Waals surface area contributed by atoms with Gasteiger partial charge in [-0.15, -0.1) is 10.2 Å². The summed E-state index contributed by atoms with van der Waals surface area (Å²) in [7, 11) is 0. The van der Waals surface area contributed by atoms with Gasteiger partial charge in [0.05, 0.1) is 17.6 Å². The van der Waals surface area contributed by atoms with Crippen LogP contribution in [0.2, 0.25) is 0 Å². The molecule has 0 fully saturated rings. The number of carbonyl (C=O) groups excluding carboxylic acids is 1. The molecule has 0 saturated carbocycles. The zero-order valence-electron chi connectivity index (χ0n) is 10.8. The average Bonchev–Trinajstić information content (AvgIpc) is 3.03. The molecule has 0 aliphatic carbocycles. The summed E-state index contributed by atoms with van der Waals surface area (Å²) in [6.45, 7) is 0. The van der Waals surface area contributed by atoms with Gasteiger partial charge in [-0.3, -0.25) is 9.88 Å². The maximum absolute atomic E-state index is 11.9. The van der Waals surface area contributed by atoms with E-state index in [1.807, 2.05) is 6.07 Å². The second-order valence-electron chi connectivity index (χ2n) is 4.14. The monoisotopic (exact) mass is 281 g/mol. The Morgan fingerprint density at radius 1 is 1.19 bits per heavy atom. The maximum atomic E-state index is 11.9. The SMILES string of the molecule is NC(=O)N(c1cccnc1)c1ccccc1-c1nn[nH]n1. The summed E-state index contributed by atoms with van der Waals surface area (Å²) in [5.41, 5.74) is 7.26. The highest BCUT2D eigenvalue weighted by atomic mass is 16.2. The first-order valence-corrected chi connectivity index (χ1v) is 6.10. The maximum Gasteiger partial charge on any atom is 0.323 e. The van der Waals surface area contributed by atoms with Crippen molar-refractivity contribution in [3.05, 3.63) is 48.8 Å². The number of urea groups is 1. The third-order valence-electron chi connectivity index (χ3n) is 2.86. The van der Waals surface area contributed by atoms with E-state index in [1.54, 1.807) is 42.7 Å². The number of H-pyrrole nitrogens is 1. The largest absolute Gasteiger partial charge is 0.351 e. The highest BCUT2D eigenvalue weighted by Crippen LogP contribution is 2.32. The number of para-hydroxylation sites is 1. The molecule has 2 amide bonds. The molecule has 3 aromatic rings. The summed E-state index contributed by atoms with van der Waals surface area (Å²) >= 11 is 0. The number of benzene rings is 1. The fraction of sp³-hybridized carbons (Fsp3) is 0. The van der Waals surface area contributed by atoms with Gasteiger partial charge < -0.3 is 5.73 Å². The Hall–Kier alpha value is -3.29. The number of nitrogens with zero attached hydrogens (tertiary/aromatic N) is 5. The van der Waals surface area contributed by atoms with Gasteiger partial charge in [0.2, 0.25) is 5.82 Å². The predicted octanol–water partition coefficient (Wildman–Crippen LogP) is 1.48. The van der Waals surface area contributed by atoms with E-state index in [-0.39, 0.29) is 0 Å². The number of primary amides is 1. The summed E-state index contributed by atoms with van der Waals surface area (Å²) < 4.78 is 0. The Kier molecular flexibility index (Phi) is 3.26. The molecule has 0 bridgehead atoms. The first-order chi connectivity index (χ1) is 10.3. The lowest BCUT2D eigenvalue weighted by Crippen LogP contribution is -2.31. The van der Waals surface area contributed by atoms with Gasteiger partial charge in [0.25, 0.3) is 0 Å². The van der Waals surface area contributed by atoms with E-state index < -0.39 is 6.03 Å². The summed E-state index contributed by atoms with van der Waals surface area (Å²) in [5.74, 6) is 0.376. The molecule has 2 aromatic heterocycles. The number of hydrogen-bond donors (Lipinski definition) is 2. The zero-order chi connectivity index (χ0) is 14.7. The Balaban J connectivity index is 2.16. The Labute approximate surface area is 119 Å². The Bertz CT molecular complexity index is 742. The number of nitrogens with two attached hydrogens (primary N) is 1. The van der Waals surface area contributed by atoms with Crippen LogP contribution < -0.4 is 10.6 Å². The number of carbonyl (C=O) groups is 1. The van der Waals surface area contributed by atoms with Crippen molar-refractivity contribution in [2.75, 3.05) is 4.90 Å². The number of pyridine rings is 1. The second-order valence-corrected chi connectivity index (χ2v) is 4.14. The average molecular weight is 281 g/mol. The highest BCUT2D eigenvalue weighted by Gasteiger charge is 2.20. The third kappa shape index (κ3) is 2.41. The first kappa shape index (κ1) is 12.7. The molecular weight excluding hydrogens is 270 g/mol. The van der Waals surface area contributed by atoms with E-state index in [1.165, 1.54) is 4.90 Å². The van der Waals surface area contributed by atoms with Crippen molar-refractivity contribution in [1.82, 2.24) is 25.6 Å². The number of aromatic nitrogens is 5. The molecule has 104 valence electrons. The zero-order valence-corrected chi connectivity index (χ0v) is 10.8. The standard InChI is InChI=1S/C13H11N7O/c14-13(21)20(9-4-3-7-15-8-9)11-6-2-1-5-10(11)12-16-18-19-17-12/h1-8H,(H2,14,21)(H,16,17,18,19). The summed E-state index contributed by atoms with van der Waals surface area (Å²) in [6, 6.07) is 9.99. The molecule has 8 nitrogen and oxygen atoms in total. The van der Waals surface area contributed by atoms with E-state index in [0.717, 1.165) is 0 Å². The molecule has 0 unspecified atom stereocenters. The highest BCUT2D eigenvalue weighted by molar-refractivity contribution is 6.01. The van der Waals surface area contributed by atoms with E-state index in [0.29, 0.717) is 22.8 Å². The molecule has 0 aliphatic rings. The van der Waals surface area contributed by atoms with Gasteiger partial charge in [0.1, 0.15) is 0 Å². The van der Waals surface area contributed by atoms with Crippen LogP contribution in [-0.4, -0.2) is 31.6 Å². The van der Waals surface area contributed by atoms with Crippen LogP contribution >= 0.6 is 0 Å². The number of anilines is 2. The lowest BCUT2D eigenvalue weighted by atomic mass is 10.1. The lowest BCUT2D eigenvalue weighted by molar-refractivity contribution is 0.256. The minimum Gasteiger partial charge on any atom is -0.351 e. The fourth-order valence-corrected chi connectivity index (χ4v) is 2.00. The number of amides is 2. The summed E-state index contributed by atoms with van der Waals surface area (Å²) in [5, 5.41) is 13.8. The molecule has 3 N–H and O–H groups in total. The molecule has 3 rings (SSSR count). The molecular formula is C13H11N7O. The molecule has 2 heterocycles. The van der Waals surface area contributed by atoms with Gasteiger partial charge in [-0.05, 0) is 29.5 Å². The smallest absolute Gasteiger partial charge is 0.323 e. The van der Waals surface area contributed by atoms with E-state index in [2.05, 4.69) is 25.6 Å². The van der Waals surface area contributed by atoms with Crippen LogP contribution in [0.5, 0.6) is 0 Å². The third-order valence-corrected chi connectivity index (χ3v) is 2.86. The molecule has 8 heteroatoms. The molecule has 0 radical (unpaired) electrons. The molecule has 0 aliphatic heterocycles. The van der Waals surface area contributed by atoms with Gasteiger partial charge in [-0.25, -0.2) is 4.79 Å². The number of tetrazole rings is 1. The number of rotatable bonds is 3. The van der Waals surface area contributed by atoms with Crippen molar-refractivity contribution in [2.45, 2.75) is 0 Å². The van der Waals surface area contributed by atoms with Crippen LogP contribution in [0.25, 0.3) is 11.4 Å². The molecule has 0 saturated heterocycles. The van der Waals surface area contributed by atoms with E-state index in [9.17, 15) is 4.79 Å². The van der Waals surface area contributed by atoms with Crippen LogP contribution in [0.1, 0.15) is 0 Å². The Morgan fingerprint density at radius 3 is 2.71 bits per heavy atom. The Morgan fingerprint density at radius 2 is 2.05 bits per heavy atom. The van der Waals surface area contributed by atoms with E-state index in [4.69, 9.17) is 5.73 Å². The number of aromatic amines is 1. The van der Waals surface area contributed by atoms with Crippen LogP contribution in [0, 0.1) is 0 Å². The normalized spacial score (nSPS) is 10.3. The summed E-state index contributed by atoms with van der Waals surface area (Å²) in [4.78, 5) is 17.2. The van der Waals surface area contributed by atoms with Crippen molar-refractivity contribution < 1.29 is 4.79 Å². The molecule has 0 spiro atoms. The number of nitrogens with one attached hydrogen (secondary N) is 1. The minimum absolute atomic E-state index is 0.376. The van der Waals surface area contributed by atoms with Crippen LogP contribution in [-0.2, 0) is 0 Å². The van der Waals surface area contributed by atoms with Crippen LogP contribution in [0.15, 0.2) is 48.8 Å². The fourth-order valence-electron chi connectivity index (χ4n) is 2.00. The van der Waals surface area contributed by atoms with Crippen molar-refractivity contribution in [3.63, 3.8) is 0 Å². The van der Waals surface area contributed by atoms with Gasteiger partial charge in [0, 0.05) is 11.8 Å². The van der Waals surface area contributed by atoms with Crippen molar-refractivity contribution in [3.8, 4) is 11.4 Å². The molecule has 1 aromatic carbocycles. The lowest BCUT2D eigenvalue weighted by Gasteiger charge is -2.22. The predicted molar refractivity (Wildman–Crippen MR) is 75.6 cm³/mol. The van der Waals surface area contributed by atoms with Gasteiger partial charge in [-0.2, -0.15) is 5.21 Å². The van der Waals surface area contributed by atoms with Crippen LogP contribution in [0.4, 0.5) is 16.2 Å². The van der Waals surface area contributed by atoms with Gasteiger partial charge in [-0.1, -0.05) is 12.1 Å². The van der Waals surface area contributed by atoms with Gasteiger partial charge in [0.15, 0.2) is 0 Å². The van der Waals surface area contributed by atoms with Crippen molar-refractivity contribution >= 4 is 17.4 Å².